The molecule has 0 atom stereocenters. The number of nitrogens with two attached hydrogens (primary N) is 1. The Morgan fingerprint density at radius 1 is 1.45 bits per heavy atom. The third-order valence-electron chi connectivity index (χ3n) is 2.43. The number of carboxylic acid groups (broad SMARTS) is 1. The fourth-order valence-corrected chi connectivity index (χ4v) is 3.01. The van der Waals surface area contributed by atoms with Gasteiger partial charge in [0.1, 0.15) is 9.90 Å². The van der Waals surface area contributed by atoms with Crippen molar-refractivity contribution in [3.8, 4) is 16.2 Å². The number of carbonyl (C=O) groups is 2. The minimum absolute atomic E-state index is 0.0893. The first kappa shape index (κ1) is 18.0. The Bertz CT molecular complexity index is 671. The van der Waals surface area contributed by atoms with E-state index in [1.807, 2.05) is 0 Å². The summed E-state index contributed by atoms with van der Waals surface area (Å²) in [6.07, 6.45) is 0.587. The molecular weight excluding hydrogens is 330 g/mol. The van der Waals surface area contributed by atoms with E-state index < -0.39 is 12.6 Å². The molecule has 1 aromatic carbocycles. The number of aliphatic hydroxyl groups excluding tert-OH is 1. The van der Waals surface area contributed by atoms with Crippen molar-refractivity contribution < 1.29 is 24.5 Å². The molecule has 4 N–H and O–H groups in total. The molecule has 118 valence electrons. The van der Waals surface area contributed by atoms with E-state index >= 15 is 0 Å². The highest BCUT2D eigenvalue weighted by Gasteiger charge is 2.20. The quantitative estimate of drug-likeness (QED) is 0.568. The molecule has 0 aliphatic heterocycles. The predicted octanol–water partition coefficient (Wildman–Crippen LogP) is 2.54. The molecule has 0 radical (unpaired) electrons. The van der Waals surface area contributed by atoms with Crippen LogP contribution >= 0.6 is 22.9 Å². The molecule has 0 amide bonds. The molecular formula is C14H14ClNO5S. The first-order chi connectivity index (χ1) is 10.5. The molecule has 0 unspecified atom stereocenters. The van der Waals surface area contributed by atoms with Crippen molar-refractivity contribution >= 4 is 40.9 Å². The van der Waals surface area contributed by atoms with Crippen LogP contribution in [0.25, 0.3) is 10.4 Å². The van der Waals surface area contributed by atoms with Crippen LogP contribution in [0.3, 0.4) is 0 Å². The largest absolute Gasteiger partial charge is 0.479 e. The second kappa shape index (κ2) is 8.38. The molecule has 0 spiro atoms. The van der Waals surface area contributed by atoms with E-state index in [4.69, 9.17) is 32.3 Å². The first-order valence-corrected chi connectivity index (χ1v) is 7.15. The van der Waals surface area contributed by atoms with E-state index in [-0.39, 0.29) is 15.6 Å². The zero-order valence-electron chi connectivity index (χ0n) is 11.6. The number of nitrogen functional groups attached to an aromatic ring is 1. The van der Waals surface area contributed by atoms with Gasteiger partial charge in [0.2, 0.25) is 0 Å². The maximum absolute atomic E-state index is 11.0. The summed E-state index contributed by atoms with van der Waals surface area (Å²) in [5.74, 6) is -1.05. The van der Waals surface area contributed by atoms with Crippen LogP contribution in [0.2, 0.25) is 5.02 Å². The molecule has 22 heavy (non-hydrogen) atoms. The molecule has 8 heteroatoms. The normalized spacial score (nSPS) is 9.59. The molecule has 0 aliphatic carbocycles. The molecule has 2 aromatic rings. The second-order valence-corrected chi connectivity index (χ2v) is 5.29. The minimum Gasteiger partial charge on any atom is -0.479 e. The van der Waals surface area contributed by atoms with E-state index in [0.717, 1.165) is 24.0 Å². The first-order valence-electron chi connectivity index (χ1n) is 5.95. The summed E-state index contributed by atoms with van der Waals surface area (Å²) in [6.45, 7) is -0.562. The number of carboxylic acids is 1. The van der Waals surface area contributed by atoms with Crippen LogP contribution in [-0.2, 0) is 4.79 Å². The zero-order valence-corrected chi connectivity index (χ0v) is 13.1. The highest BCUT2D eigenvalue weighted by molar-refractivity contribution is 7.18. The van der Waals surface area contributed by atoms with Crippen LogP contribution in [0.1, 0.15) is 9.67 Å². The van der Waals surface area contributed by atoms with E-state index in [9.17, 15) is 9.59 Å². The number of hydrogen-bond acceptors (Lipinski definition) is 6. The summed E-state index contributed by atoms with van der Waals surface area (Å²) in [4.78, 5) is 22.4. The van der Waals surface area contributed by atoms with Crippen LogP contribution in [0.5, 0.6) is 5.75 Å². The number of carbonyl (C=O) groups excluding carboxylic acids is 1. The maximum atomic E-state index is 11.0. The number of rotatable bonds is 5. The lowest BCUT2D eigenvalue weighted by Crippen LogP contribution is -2.09. The Kier molecular flexibility index (Phi) is 6.84. The molecule has 1 aromatic heterocycles. The molecule has 6 nitrogen and oxygen atoms in total. The van der Waals surface area contributed by atoms with Crippen LogP contribution in [-0.4, -0.2) is 36.2 Å². The monoisotopic (exact) mass is 343 g/mol. The maximum Gasteiger partial charge on any atom is 0.341 e. The summed E-state index contributed by atoms with van der Waals surface area (Å²) in [7, 11) is 1.00. The highest BCUT2D eigenvalue weighted by atomic mass is 35.5. The molecule has 0 saturated carbocycles. The number of aliphatic hydroxyl groups is 1. The third kappa shape index (κ3) is 4.20. The number of anilines is 1. The van der Waals surface area contributed by atoms with Gasteiger partial charge in [-0.2, -0.15) is 0 Å². The van der Waals surface area contributed by atoms with Crippen molar-refractivity contribution in [3.05, 3.63) is 34.2 Å². The van der Waals surface area contributed by atoms with Crippen LogP contribution in [0.15, 0.2) is 24.3 Å². The topological polar surface area (TPSA) is 110 Å². The van der Waals surface area contributed by atoms with Gasteiger partial charge in [0, 0.05) is 12.8 Å². The van der Waals surface area contributed by atoms with E-state index in [1.54, 1.807) is 24.3 Å². The number of thiophene rings is 1. The Morgan fingerprint density at radius 3 is 2.68 bits per heavy atom. The van der Waals surface area contributed by atoms with Gasteiger partial charge in [-0.25, -0.2) is 4.79 Å². The van der Waals surface area contributed by atoms with Crippen molar-refractivity contribution in [2.45, 2.75) is 0 Å². The van der Waals surface area contributed by atoms with Gasteiger partial charge in [-0.05, 0) is 17.7 Å². The van der Waals surface area contributed by atoms with E-state index in [1.165, 1.54) is 0 Å². The number of aliphatic carboxylic acids is 1. The zero-order chi connectivity index (χ0) is 16.7. The van der Waals surface area contributed by atoms with E-state index in [2.05, 4.69) is 0 Å². The Balaban J connectivity index is 0.00000116. The van der Waals surface area contributed by atoms with Gasteiger partial charge in [0.05, 0.1) is 4.88 Å². The lowest BCUT2D eigenvalue weighted by molar-refractivity contribution is -0.139. The SMILES string of the molecule is CO.Nc1cccc(-c2sc(C=O)c(OCC(=O)O)c2Cl)c1. The average Bonchev–Trinajstić information content (AvgIpc) is 2.83. The van der Waals surface area contributed by atoms with Gasteiger partial charge in [0.15, 0.2) is 18.6 Å². The third-order valence-corrected chi connectivity index (χ3v) is 4.05. The standard InChI is InChI=1S/C13H10ClNO4S.CH4O/c14-11-12(19-6-10(17)18)9(5-16)20-13(11)7-2-1-3-8(15)4-7;1-2/h1-5H,6,15H2,(H,17,18);2H,1H3. The summed E-state index contributed by atoms with van der Waals surface area (Å²) in [6, 6.07) is 7.00. The smallest absolute Gasteiger partial charge is 0.341 e. The number of aldehydes is 1. The van der Waals surface area contributed by atoms with Crippen LogP contribution in [0.4, 0.5) is 5.69 Å². The fraction of sp³-hybridized carbons (Fsp3) is 0.143. The van der Waals surface area contributed by atoms with Gasteiger partial charge in [-0.15, -0.1) is 11.3 Å². The number of ether oxygens (including phenoxy) is 1. The molecule has 0 aliphatic rings. The van der Waals surface area contributed by atoms with Gasteiger partial charge in [0.25, 0.3) is 0 Å². The van der Waals surface area contributed by atoms with Gasteiger partial charge < -0.3 is 20.7 Å². The Hall–Kier alpha value is -2.09. The van der Waals surface area contributed by atoms with Crippen LogP contribution in [0, 0.1) is 0 Å². The number of halogens is 1. The van der Waals surface area contributed by atoms with Crippen LogP contribution < -0.4 is 10.5 Å². The second-order valence-electron chi connectivity index (χ2n) is 3.86. The minimum atomic E-state index is -1.14. The number of hydrogen-bond donors (Lipinski definition) is 3. The lowest BCUT2D eigenvalue weighted by atomic mass is 10.1. The van der Waals surface area contributed by atoms with Crippen molar-refractivity contribution in [3.63, 3.8) is 0 Å². The fourth-order valence-electron chi connectivity index (χ4n) is 1.62. The summed E-state index contributed by atoms with van der Waals surface area (Å²) >= 11 is 7.30. The van der Waals surface area contributed by atoms with E-state index in [0.29, 0.717) is 16.9 Å². The van der Waals surface area contributed by atoms with Crippen molar-refractivity contribution in [2.75, 3.05) is 19.5 Å². The van der Waals surface area contributed by atoms with Crippen molar-refractivity contribution in [2.24, 2.45) is 0 Å². The van der Waals surface area contributed by atoms with Gasteiger partial charge >= 0.3 is 5.97 Å². The molecule has 0 saturated heterocycles. The Morgan fingerprint density at radius 2 is 2.14 bits per heavy atom. The Labute approximate surface area is 135 Å². The predicted molar refractivity (Wildman–Crippen MR) is 85.8 cm³/mol. The lowest BCUT2D eigenvalue weighted by Gasteiger charge is -2.03. The molecule has 0 bridgehead atoms. The van der Waals surface area contributed by atoms with Gasteiger partial charge in [-0.3, -0.25) is 4.79 Å². The number of benzene rings is 1. The molecule has 0 fully saturated rings. The highest BCUT2D eigenvalue weighted by Crippen LogP contribution is 2.44. The van der Waals surface area contributed by atoms with Crippen molar-refractivity contribution in [1.29, 1.82) is 0 Å². The molecule has 1 heterocycles. The summed E-state index contributed by atoms with van der Waals surface area (Å²) < 4.78 is 5.07. The van der Waals surface area contributed by atoms with Crippen molar-refractivity contribution in [1.82, 2.24) is 0 Å². The van der Waals surface area contributed by atoms with Gasteiger partial charge in [-0.1, -0.05) is 23.7 Å². The summed E-state index contributed by atoms with van der Waals surface area (Å²) in [5, 5.41) is 15.8. The summed E-state index contributed by atoms with van der Waals surface area (Å²) in [5.41, 5.74) is 7.01. The molecule has 2 rings (SSSR count). The average molecular weight is 344 g/mol.